The minimum atomic E-state index is -1.10. The summed E-state index contributed by atoms with van der Waals surface area (Å²) in [4.78, 5) is 33.8. The highest BCUT2D eigenvalue weighted by molar-refractivity contribution is 5.97. The summed E-state index contributed by atoms with van der Waals surface area (Å²) in [5.41, 5.74) is 0.537. The van der Waals surface area contributed by atoms with Gasteiger partial charge in [-0.25, -0.2) is 0 Å². The number of rotatable bonds is 6. The molecular formula is C17H18N2O6. The molecule has 8 nitrogen and oxygen atoms in total. The summed E-state index contributed by atoms with van der Waals surface area (Å²) in [7, 11) is 0. The molecule has 2 aromatic rings. The van der Waals surface area contributed by atoms with Crippen LogP contribution in [0.25, 0.3) is 0 Å². The predicted octanol–water partition coefficient (Wildman–Crippen LogP) is 2.79. The maximum absolute atomic E-state index is 12.6. The van der Waals surface area contributed by atoms with Gasteiger partial charge in [0.25, 0.3) is 11.6 Å². The van der Waals surface area contributed by atoms with Gasteiger partial charge in [0.1, 0.15) is 12.2 Å². The second kappa shape index (κ2) is 6.76. The maximum atomic E-state index is 12.6. The highest BCUT2D eigenvalue weighted by Crippen LogP contribution is 2.25. The molecule has 0 atom stereocenters. The van der Waals surface area contributed by atoms with Crippen LogP contribution in [0.15, 0.2) is 34.9 Å². The molecule has 0 radical (unpaired) electrons. The van der Waals surface area contributed by atoms with E-state index in [2.05, 4.69) is 5.32 Å². The summed E-state index contributed by atoms with van der Waals surface area (Å²) in [6.07, 6.45) is 0.945. The third kappa shape index (κ3) is 4.03. The van der Waals surface area contributed by atoms with E-state index in [1.807, 2.05) is 0 Å². The summed E-state index contributed by atoms with van der Waals surface area (Å²) >= 11 is 0. The Kier molecular flexibility index (Phi) is 4.92. The number of nitro benzene ring substituents is 1. The van der Waals surface area contributed by atoms with Crippen LogP contribution in [0.2, 0.25) is 0 Å². The number of aryl methyl sites for hydroxylation is 1. The number of hydrogen-bond acceptors (Lipinski definition) is 5. The summed E-state index contributed by atoms with van der Waals surface area (Å²) in [5.74, 6) is -1.48. The molecule has 8 heteroatoms. The zero-order valence-electron chi connectivity index (χ0n) is 14.0. The molecule has 0 aliphatic rings. The van der Waals surface area contributed by atoms with Crippen LogP contribution in [0.5, 0.6) is 0 Å². The van der Waals surface area contributed by atoms with E-state index in [1.165, 1.54) is 18.4 Å². The SMILES string of the molecule is Cc1coc(CC(=O)O)c1C(=O)NC(C)(C)c1ccc([N+](=O)[O-])cc1. The van der Waals surface area contributed by atoms with Crippen molar-refractivity contribution in [1.29, 1.82) is 0 Å². The van der Waals surface area contributed by atoms with Crippen LogP contribution in [0.3, 0.4) is 0 Å². The molecular weight excluding hydrogens is 328 g/mol. The summed E-state index contributed by atoms with van der Waals surface area (Å²) in [5, 5.41) is 22.5. The summed E-state index contributed by atoms with van der Waals surface area (Å²) in [6, 6.07) is 5.86. The van der Waals surface area contributed by atoms with Crippen LogP contribution in [0, 0.1) is 17.0 Å². The molecule has 2 N–H and O–H groups in total. The van der Waals surface area contributed by atoms with Crippen molar-refractivity contribution < 1.29 is 24.0 Å². The number of furan rings is 1. The number of amides is 1. The Bertz CT molecular complexity index is 820. The number of carboxylic acids is 1. The smallest absolute Gasteiger partial charge is 0.311 e. The van der Waals surface area contributed by atoms with E-state index in [4.69, 9.17) is 9.52 Å². The zero-order chi connectivity index (χ0) is 18.8. The largest absolute Gasteiger partial charge is 0.481 e. The first-order valence-electron chi connectivity index (χ1n) is 7.48. The van der Waals surface area contributed by atoms with E-state index in [0.29, 0.717) is 11.1 Å². The van der Waals surface area contributed by atoms with Gasteiger partial charge in [0.05, 0.1) is 22.3 Å². The van der Waals surface area contributed by atoms with Gasteiger partial charge in [0.15, 0.2) is 0 Å². The number of non-ortho nitro benzene ring substituents is 1. The first-order valence-corrected chi connectivity index (χ1v) is 7.48. The Hall–Kier alpha value is -3.16. The third-order valence-electron chi connectivity index (χ3n) is 3.82. The number of carbonyl (C=O) groups excluding carboxylic acids is 1. The minimum absolute atomic E-state index is 0.0414. The molecule has 1 amide bonds. The monoisotopic (exact) mass is 346 g/mol. The van der Waals surface area contributed by atoms with Crippen LogP contribution in [-0.2, 0) is 16.8 Å². The maximum Gasteiger partial charge on any atom is 0.311 e. The average Bonchev–Trinajstić information content (AvgIpc) is 2.86. The van der Waals surface area contributed by atoms with Crippen molar-refractivity contribution >= 4 is 17.6 Å². The normalized spacial score (nSPS) is 11.2. The fraction of sp³-hybridized carbons (Fsp3) is 0.294. The predicted molar refractivity (Wildman–Crippen MR) is 88.4 cm³/mol. The van der Waals surface area contributed by atoms with Gasteiger partial charge in [-0.3, -0.25) is 19.7 Å². The van der Waals surface area contributed by atoms with Gasteiger partial charge in [0.2, 0.25) is 0 Å². The van der Waals surface area contributed by atoms with E-state index in [0.717, 1.165) is 0 Å². The Morgan fingerprint density at radius 3 is 2.40 bits per heavy atom. The number of carbonyl (C=O) groups is 2. The molecule has 0 spiro atoms. The third-order valence-corrected chi connectivity index (χ3v) is 3.82. The molecule has 0 saturated heterocycles. The molecule has 132 valence electrons. The van der Waals surface area contributed by atoms with E-state index < -0.39 is 28.8 Å². The standard InChI is InChI=1S/C17H18N2O6/c1-10-9-25-13(8-14(20)21)15(10)16(22)18-17(2,3)11-4-6-12(7-5-11)19(23)24/h4-7,9H,8H2,1-3H3,(H,18,22)(H,20,21). The first kappa shape index (κ1) is 18.2. The number of nitro groups is 1. The van der Waals surface area contributed by atoms with Gasteiger partial charge in [-0.05, 0) is 38.5 Å². The van der Waals surface area contributed by atoms with Gasteiger partial charge in [-0.1, -0.05) is 0 Å². The number of hydrogen-bond donors (Lipinski definition) is 2. The van der Waals surface area contributed by atoms with Crippen LogP contribution < -0.4 is 5.32 Å². The van der Waals surface area contributed by atoms with Crippen molar-refractivity contribution in [1.82, 2.24) is 5.32 Å². The van der Waals surface area contributed by atoms with Crippen molar-refractivity contribution in [2.75, 3.05) is 0 Å². The quantitative estimate of drug-likeness (QED) is 0.612. The number of carboxylic acid groups (broad SMARTS) is 1. The van der Waals surface area contributed by atoms with Gasteiger partial charge < -0.3 is 14.8 Å². The van der Waals surface area contributed by atoms with Crippen molar-refractivity contribution in [2.24, 2.45) is 0 Å². The summed E-state index contributed by atoms with van der Waals surface area (Å²) in [6.45, 7) is 5.15. The first-order chi connectivity index (χ1) is 11.6. The van der Waals surface area contributed by atoms with Crippen molar-refractivity contribution in [3.63, 3.8) is 0 Å². The van der Waals surface area contributed by atoms with Crippen molar-refractivity contribution in [3.8, 4) is 0 Å². The molecule has 0 unspecified atom stereocenters. The number of benzene rings is 1. The lowest BCUT2D eigenvalue weighted by Gasteiger charge is -2.27. The lowest BCUT2D eigenvalue weighted by molar-refractivity contribution is -0.384. The fourth-order valence-corrected chi connectivity index (χ4v) is 2.49. The van der Waals surface area contributed by atoms with E-state index in [-0.39, 0.29) is 17.0 Å². The number of aliphatic carboxylic acids is 1. The molecule has 0 aliphatic carbocycles. The second-order valence-corrected chi connectivity index (χ2v) is 6.17. The fourth-order valence-electron chi connectivity index (χ4n) is 2.49. The molecule has 25 heavy (non-hydrogen) atoms. The van der Waals surface area contributed by atoms with Crippen LogP contribution in [-0.4, -0.2) is 21.9 Å². The Morgan fingerprint density at radius 1 is 1.28 bits per heavy atom. The van der Waals surface area contributed by atoms with Crippen LogP contribution in [0.1, 0.15) is 41.1 Å². The minimum Gasteiger partial charge on any atom is -0.481 e. The van der Waals surface area contributed by atoms with E-state index in [9.17, 15) is 19.7 Å². The lowest BCUT2D eigenvalue weighted by atomic mass is 9.93. The zero-order valence-corrected chi connectivity index (χ0v) is 14.0. The molecule has 0 aliphatic heterocycles. The van der Waals surface area contributed by atoms with E-state index >= 15 is 0 Å². The Balaban J connectivity index is 2.25. The summed E-state index contributed by atoms with van der Waals surface area (Å²) < 4.78 is 5.17. The molecule has 1 aromatic heterocycles. The molecule has 0 bridgehead atoms. The molecule has 0 fully saturated rings. The molecule has 1 aromatic carbocycles. The van der Waals surface area contributed by atoms with Gasteiger partial charge in [-0.2, -0.15) is 0 Å². The van der Waals surface area contributed by atoms with Crippen LogP contribution >= 0.6 is 0 Å². The van der Waals surface area contributed by atoms with Gasteiger partial charge in [0, 0.05) is 17.7 Å². The highest BCUT2D eigenvalue weighted by Gasteiger charge is 2.28. The Morgan fingerprint density at radius 2 is 1.88 bits per heavy atom. The van der Waals surface area contributed by atoms with Gasteiger partial charge >= 0.3 is 5.97 Å². The van der Waals surface area contributed by atoms with E-state index in [1.54, 1.807) is 32.9 Å². The number of nitrogens with one attached hydrogen (secondary N) is 1. The van der Waals surface area contributed by atoms with Gasteiger partial charge in [-0.15, -0.1) is 0 Å². The van der Waals surface area contributed by atoms with Crippen LogP contribution in [0.4, 0.5) is 5.69 Å². The Labute approximate surface area is 143 Å². The lowest BCUT2D eigenvalue weighted by Crippen LogP contribution is -2.41. The topological polar surface area (TPSA) is 123 Å². The molecule has 1 heterocycles. The molecule has 2 rings (SSSR count). The second-order valence-electron chi connectivity index (χ2n) is 6.17. The highest BCUT2D eigenvalue weighted by atomic mass is 16.6. The van der Waals surface area contributed by atoms with Crippen molar-refractivity contribution in [3.05, 3.63) is 63.1 Å². The van der Waals surface area contributed by atoms with Crippen molar-refractivity contribution in [2.45, 2.75) is 32.7 Å². The molecule has 0 saturated carbocycles. The average molecular weight is 346 g/mol. The number of nitrogens with zero attached hydrogens (tertiary/aromatic N) is 1.